The Morgan fingerprint density at radius 2 is 1.84 bits per heavy atom. The van der Waals surface area contributed by atoms with Crippen molar-refractivity contribution in [2.75, 3.05) is 6.61 Å². The molecule has 0 unspecified atom stereocenters. The Morgan fingerprint density at radius 1 is 1.13 bits per heavy atom. The van der Waals surface area contributed by atoms with Crippen LogP contribution < -0.4 is 0 Å². The van der Waals surface area contributed by atoms with Gasteiger partial charge in [-0.1, -0.05) is 23.8 Å². The average molecular weight is 448 g/mol. The summed E-state index contributed by atoms with van der Waals surface area (Å²) >= 11 is 0. The molecule has 1 saturated carbocycles. The Morgan fingerprint density at radius 3 is 2.48 bits per heavy atom. The zero-order valence-corrected chi connectivity index (χ0v) is 18.0. The van der Waals surface area contributed by atoms with E-state index in [9.17, 15) is 17.2 Å². The first kappa shape index (κ1) is 21.6. The predicted octanol–water partition coefficient (Wildman–Crippen LogP) is 4.86. The predicted molar refractivity (Wildman–Crippen MR) is 111 cm³/mol. The molecule has 1 aromatic carbocycles. The summed E-state index contributed by atoms with van der Waals surface area (Å²) in [6.07, 6.45) is 0.106. The number of hydrogen-bond acceptors (Lipinski definition) is 5. The van der Waals surface area contributed by atoms with Crippen molar-refractivity contribution in [2.24, 2.45) is 5.92 Å². The van der Waals surface area contributed by atoms with Crippen molar-refractivity contribution in [2.45, 2.75) is 44.1 Å². The Hall–Kier alpha value is -2.65. The largest absolute Gasteiger partial charge is 0.296 e. The standard InChI is InChI=1S/C22H23F2N3O3S/c1-14-6-8-18(9-7-14)31(28,29)30-13-16-10-17(11-16)27-12-19(21(26-27)22(23)24)20-5-3-4-15(2)25-20/h3-9,12,16-17,22H,10-11,13H2,1-2H3. The molecule has 0 amide bonds. The molecule has 31 heavy (non-hydrogen) atoms. The highest BCUT2D eigenvalue weighted by Crippen LogP contribution is 2.40. The zero-order chi connectivity index (χ0) is 22.2. The van der Waals surface area contributed by atoms with Crippen molar-refractivity contribution < 1.29 is 21.4 Å². The summed E-state index contributed by atoms with van der Waals surface area (Å²) in [5.74, 6) is 0.0185. The topological polar surface area (TPSA) is 74.1 Å². The highest BCUT2D eigenvalue weighted by atomic mass is 32.2. The maximum absolute atomic E-state index is 13.5. The van der Waals surface area contributed by atoms with E-state index < -0.39 is 16.5 Å². The van der Waals surface area contributed by atoms with E-state index in [1.807, 2.05) is 6.92 Å². The molecule has 1 aliphatic rings. The third-order valence-electron chi connectivity index (χ3n) is 5.48. The van der Waals surface area contributed by atoms with E-state index in [0.717, 1.165) is 11.3 Å². The molecule has 1 aliphatic carbocycles. The van der Waals surface area contributed by atoms with Gasteiger partial charge in [0.05, 0.1) is 23.2 Å². The van der Waals surface area contributed by atoms with Crippen molar-refractivity contribution in [3.63, 3.8) is 0 Å². The SMILES string of the molecule is Cc1ccc(S(=O)(=O)OCC2CC(n3cc(-c4cccc(C)n4)c(C(F)F)n3)C2)cc1. The van der Waals surface area contributed by atoms with E-state index in [0.29, 0.717) is 24.1 Å². The number of pyridine rings is 1. The number of nitrogens with zero attached hydrogens (tertiary/aromatic N) is 3. The van der Waals surface area contributed by atoms with Crippen LogP contribution in [0.4, 0.5) is 8.78 Å². The Labute approximate surface area is 180 Å². The van der Waals surface area contributed by atoms with Crippen LogP contribution in [0.3, 0.4) is 0 Å². The van der Waals surface area contributed by atoms with Gasteiger partial charge in [-0.05, 0) is 56.9 Å². The Bertz CT molecular complexity index is 1170. The highest BCUT2D eigenvalue weighted by molar-refractivity contribution is 7.86. The molecule has 3 aromatic rings. The number of rotatable bonds is 7. The summed E-state index contributed by atoms with van der Waals surface area (Å²) in [6, 6.07) is 11.7. The van der Waals surface area contributed by atoms with Gasteiger partial charge in [0.1, 0.15) is 5.69 Å². The summed E-state index contributed by atoms with van der Waals surface area (Å²) in [5.41, 5.74) is 2.19. The van der Waals surface area contributed by atoms with Crippen LogP contribution in [0.25, 0.3) is 11.3 Å². The van der Waals surface area contributed by atoms with E-state index >= 15 is 0 Å². The van der Waals surface area contributed by atoms with E-state index in [4.69, 9.17) is 4.18 Å². The summed E-state index contributed by atoms with van der Waals surface area (Å²) in [7, 11) is -3.81. The minimum atomic E-state index is -3.81. The van der Waals surface area contributed by atoms with Crippen molar-refractivity contribution in [1.82, 2.24) is 14.8 Å². The fraction of sp³-hybridized carbons (Fsp3) is 0.364. The molecular formula is C22H23F2N3O3S. The summed E-state index contributed by atoms with van der Waals surface area (Å²) in [4.78, 5) is 4.46. The number of aryl methyl sites for hydroxylation is 2. The minimum absolute atomic E-state index is 0.0185. The van der Waals surface area contributed by atoms with Crippen LogP contribution in [0.5, 0.6) is 0 Å². The Kier molecular flexibility index (Phi) is 5.90. The molecule has 0 N–H and O–H groups in total. The molecular weight excluding hydrogens is 424 g/mol. The smallest absolute Gasteiger partial charge is 0.268 e. The maximum atomic E-state index is 13.5. The van der Waals surface area contributed by atoms with Gasteiger partial charge in [0.2, 0.25) is 0 Å². The van der Waals surface area contributed by atoms with Gasteiger partial charge < -0.3 is 0 Å². The van der Waals surface area contributed by atoms with E-state index in [-0.39, 0.29) is 29.2 Å². The van der Waals surface area contributed by atoms with Crippen LogP contribution in [0.2, 0.25) is 0 Å². The zero-order valence-electron chi connectivity index (χ0n) is 17.2. The lowest BCUT2D eigenvalue weighted by molar-refractivity contribution is 0.115. The molecule has 0 saturated heterocycles. The van der Waals surface area contributed by atoms with Gasteiger partial charge in [0, 0.05) is 17.5 Å². The fourth-order valence-electron chi connectivity index (χ4n) is 3.66. The molecule has 1 fully saturated rings. The van der Waals surface area contributed by atoms with Crippen LogP contribution >= 0.6 is 0 Å². The van der Waals surface area contributed by atoms with Gasteiger partial charge in [-0.15, -0.1) is 0 Å². The number of halogens is 2. The monoisotopic (exact) mass is 447 g/mol. The molecule has 9 heteroatoms. The van der Waals surface area contributed by atoms with Crippen molar-refractivity contribution >= 4 is 10.1 Å². The first-order valence-corrected chi connectivity index (χ1v) is 11.4. The van der Waals surface area contributed by atoms with Crippen LogP contribution in [-0.2, 0) is 14.3 Å². The van der Waals surface area contributed by atoms with Crippen LogP contribution in [0.1, 0.15) is 42.3 Å². The molecule has 164 valence electrons. The van der Waals surface area contributed by atoms with Crippen molar-refractivity contribution in [3.05, 3.63) is 65.6 Å². The van der Waals surface area contributed by atoms with E-state index in [1.165, 1.54) is 12.1 Å². The van der Waals surface area contributed by atoms with Crippen molar-refractivity contribution in [3.8, 4) is 11.3 Å². The number of hydrogen-bond donors (Lipinski definition) is 0. The van der Waals surface area contributed by atoms with Gasteiger partial charge in [-0.2, -0.15) is 13.5 Å². The molecule has 2 aromatic heterocycles. The van der Waals surface area contributed by atoms with E-state index in [1.54, 1.807) is 48.1 Å². The van der Waals surface area contributed by atoms with Gasteiger partial charge in [0.15, 0.2) is 0 Å². The second-order valence-electron chi connectivity index (χ2n) is 7.92. The van der Waals surface area contributed by atoms with Crippen LogP contribution in [-0.4, -0.2) is 29.8 Å². The second-order valence-corrected chi connectivity index (χ2v) is 9.53. The third-order valence-corrected chi connectivity index (χ3v) is 6.78. The molecule has 6 nitrogen and oxygen atoms in total. The third kappa shape index (κ3) is 4.67. The average Bonchev–Trinajstić information content (AvgIpc) is 3.12. The number of alkyl halides is 2. The lowest BCUT2D eigenvalue weighted by Crippen LogP contribution is -2.31. The first-order chi connectivity index (χ1) is 14.7. The first-order valence-electron chi connectivity index (χ1n) is 10.0. The molecule has 0 radical (unpaired) electrons. The van der Waals surface area contributed by atoms with Crippen molar-refractivity contribution in [1.29, 1.82) is 0 Å². The van der Waals surface area contributed by atoms with Gasteiger partial charge in [-0.25, -0.2) is 8.78 Å². The second kappa shape index (κ2) is 8.47. The van der Waals surface area contributed by atoms with Gasteiger partial charge in [0.25, 0.3) is 16.5 Å². The quantitative estimate of drug-likeness (QED) is 0.484. The lowest BCUT2D eigenvalue weighted by atomic mass is 9.81. The highest BCUT2D eigenvalue weighted by Gasteiger charge is 2.34. The maximum Gasteiger partial charge on any atom is 0.296 e. The summed E-state index contributed by atoms with van der Waals surface area (Å²) in [6.45, 7) is 3.74. The Balaban J connectivity index is 1.41. The van der Waals surface area contributed by atoms with Gasteiger partial charge in [-0.3, -0.25) is 13.8 Å². The number of benzene rings is 1. The van der Waals surface area contributed by atoms with Gasteiger partial charge >= 0.3 is 0 Å². The normalized spacial score (nSPS) is 18.9. The lowest BCUT2D eigenvalue weighted by Gasteiger charge is -2.34. The molecule has 0 spiro atoms. The van der Waals surface area contributed by atoms with E-state index in [2.05, 4.69) is 10.1 Å². The molecule has 0 bridgehead atoms. The summed E-state index contributed by atoms with van der Waals surface area (Å²) in [5, 5.41) is 4.10. The molecule has 4 rings (SSSR count). The number of aromatic nitrogens is 3. The molecule has 0 aliphatic heterocycles. The minimum Gasteiger partial charge on any atom is -0.268 e. The fourth-order valence-corrected chi connectivity index (χ4v) is 4.63. The molecule has 2 heterocycles. The van der Waals surface area contributed by atoms with Crippen LogP contribution in [0.15, 0.2) is 53.6 Å². The molecule has 0 atom stereocenters. The van der Waals surface area contributed by atoms with Crippen LogP contribution in [0, 0.1) is 19.8 Å². The summed E-state index contributed by atoms with van der Waals surface area (Å²) < 4.78 is 58.5.